The second kappa shape index (κ2) is 5.27. The highest BCUT2D eigenvalue weighted by molar-refractivity contribution is 5.93. The fraction of sp³-hybridized carbons (Fsp3) is 0.154. The predicted molar refractivity (Wildman–Crippen MR) is 67.2 cm³/mol. The Morgan fingerprint density at radius 1 is 1.44 bits per heavy atom. The van der Waals surface area contributed by atoms with Crippen molar-refractivity contribution in [3.8, 4) is 0 Å². The Balaban J connectivity index is 2.05. The van der Waals surface area contributed by atoms with Gasteiger partial charge in [0.25, 0.3) is 5.91 Å². The van der Waals surface area contributed by atoms with E-state index in [0.717, 1.165) is 11.1 Å². The molecule has 0 aliphatic carbocycles. The number of aryl methyl sites for hydroxylation is 1. The lowest BCUT2D eigenvalue weighted by molar-refractivity contribution is 0.0950. The van der Waals surface area contributed by atoms with E-state index in [4.69, 9.17) is 0 Å². The minimum atomic E-state index is -0.291. The van der Waals surface area contributed by atoms with Gasteiger partial charge in [0.15, 0.2) is 0 Å². The summed E-state index contributed by atoms with van der Waals surface area (Å²) in [5.74, 6) is -0.274. The number of hydrogen-bond acceptors (Lipinski definition) is 3. The molecule has 0 radical (unpaired) electrons. The van der Waals surface area contributed by atoms with Crippen LogP contribution < -0.4 is 10.9 Å². The predicted octanol–water partition coefficient (Wildman–Crippen LogP) is 1.01. The molecule has 2 rings (SSSR count). The monoisotopic (exact) mass is 243 g/mol. The summed E-state index contributed by atoms with van der Waals surface area (Å²) >= 11 is 0. The fourth-order valence-corrected chi connectivity index (χ4v) is 1.55. The number of carbonyl (C=O) groups is 1. The van der Waals surface area contributed by atoms with Crippen molar-refractivity contribution in [3.63, 3.8) is 0 Å². The molecular weight excluding hydrogens is 230 g/mol. The molecule has 2 aromatic rings. The number of pyridine rings is 2. The van der Waals surface area contributed by atoms with E-state index in [2.05, 4.69) is 15.3 Å². The van der Waals surface area contributed by atoms with Crippen molar-refractivity contribution in [2.75, 3.05) is 0 Å². The third kappa shape index (κ3) is 2.82. The van der Waals surface area contributed by atoms with Gasteiger partial charge in [-0.25, -0.2) is 0 Å². The first-order valence-electron chi connectivity index (χ1n) is 5.53. The number of aromatic amines is 1. The Kier molecular flexibility index (Phi) is 3.52. The normalized spacial score (nSPS) is 10.1. The van der Waals surface area contributed by atoms with Gasteiger partial charge in [-0.2, -0.15) is 0 Å². The molecule has 0 atom stereocenters. The molecule has 0 saturated heterocycles. The molecule has 2 aromatic heterocycles. The van der Waals surface area contributed by atoms with Crippen LogP contribution in [0.4, 0.5) is 0 Å². The average molecular weight is 243 g/mol. The molecule has 0 spiro atoms. The number of rotatable bonds is 3. The number of carbonyl (C=O) groups excluding carboxylic acids is 1. The molecule has 18 heavy (non-hydrogen) atoms. The zero-order valence-electron chi connectivity index (χ0n) is 9.93. The van der Waals surface area contributed by atoms with E-state index in [1.165, 1.54) is 12.3 Å². The van der Waals surface area contributed by atoms with Crippen molar-refractivity contribution in [2.24, 2.45) is 0 Å². The first kappa shape index (κ1) is 12.0. The summed E-state index contributed by atoms with van der Waals surface area (Å²) in [7, 11) is 0. The maximum Gasteiger partial charge on any atom is 0.251 e. The molecule has 0 saturated carbocycles. The molecule has 0 unspecified atom stereocenters. The first-order valence-corrected chi connectivity index (χ1v) is 5.53. The third-order valence-corrected chi connectivity index (χ3v) is 2.62. The third-order valence-electron chi connectivity index (χ3n) is 2.62. The lowest BCUT2D eigenvalue weighted by Gasteiger charge is -2.07. The van der Waals surface area contributed by atoms with Crippen molar-refractivity contribution in [1.82, 2.24) is 15.3 Å². The van der Waals surface area contributed by atoms with Crippen LogP contribution in [-0.2, 0) is 6.54 Å². The molecule has 92 valence electrons. The molecule has 0 aliphatic rings. The van der Waals surface area contributed by atoms with Gasteiger partial charge in [0.1, 0.15) is 0 Å². The maximum absolute atomic E-state index is 11.8. The topological polar surface area (TPSA) is 74.8 Å². The van der Waals surface area contributed by atoms with Crippen LogP contribution in [0.5, 0.6) is 0 Å². The van der Waals surface area contributed by atoms with Crippen LogP contribution in [0.2, 0.25) is 0 Å². The minimum Gasteiger partial charge on any atom is -0.348 e. The Labute approximate surface area is 104 Å². The minimum absolute atomic E-state index is 0.274. The van der Waals surface area contributed by atoms with E-state index in [-0.39, 0.29) is 11.5 Å². The molecule has 2 heterocycles. The van der Waals surface area contributed by atoms with Crippen LogP contribution in [0.1, 0.15) is 21.5 Å². The lowest BCUT2D eigenvalue weighted by atomic mass is 10.1. The molecule has 5 nitrogen and oxygen atoms in total. The van der Waals surface area contributed by atoms with Gasteiger partial charge in [-0.1, -0.05) is 0 Å². The Morgan fingerprint density at radius 2 is 2.28 bits per heavy atom. The van der Waals surface area contributed by atoms with Crippen LogP contribution in [0.3, 0.4) is 0 Å². The summed E-state index contributed by atoms with van der Waals surface area (Å²) < 4.78 is 0. The van der Waals surface area contributed by atoms with Crippen molar-refractivity contribution < 1.29 is 4.79 Å². The molecule has 0 aliphatic heterocycles. The Hall–Kier alpha value is -2.43. The van der Waals surface area contributed by atoms with Crippen molar-refractivity contribution in [1.29, 1.82) is 0 Å². The van der Waals surface area contributed by atoms with Gasteiger partial charge in [0.05, 0.1) is 0 Å². The standard InChI is InChI=1S/C13H13N3O2/c1-9-2-4-14-7-11(9)8-16-13(18)10-3-5-15-12(17)6-10/h2-7H,8H2,1H3,(H,15,17)(H,16,18). The molecule has 1 amide bonds. The van der Waals surface area contributed by atoms with Gasteiger partial charge >= 0.3 is 0 Å². The second-order valence-corrected chi connectivity index (χ2v) is 3.93. The van der Waals surface area contributed by atoms with Crippen LogP contribution in [0, 0.1) is 6.92 Å². The summed E-state index contributed by atoms with van der Waals surface area (Å²) in [6.07, 6.45) is 4.87. The molecular formula is C13H13N3O2. The van der Waals surface area contributed by atoms with Crippen molar-refractivity contribution >= 4 is 5.91 Å². The van der Waals surface area contributed by atoms with Gasteiger partial charge in [-0.05, 0) is 30.2 Å². The number of amides is 1. The highest BCUT2D eigenvalue weighted by atomic mass is 16.2. The molecule has 5 heteroatoms. The number of hydrogen-bond donors (Lipinski definition) is 2. The highest BCUT2D eigenvalue weighted by Crippen LogP contribution is 2.04. The second-order valence-electron chi connectivity index (χ2n) is 3.93. The van der Waals surface area contributed by atoms with Crippen LogP contribution in [0.25, 0.3) is 0 Å². The van der Waals surface area contributed by atoms with Crippen LogP contribution >= 0.6 is 0 Å². The maximum atomic E-state index is 11.8. The number of nitrogens with one attached hydrogen (secondary N) is 2. The summed E-state index contributed by atoms with van der Waals surface area (Å²) in [5, 5.41) is 2.75. The first-order chi connectivity index (χ1) is 8.66. The lowest BCUT2D eigenvalue weighted by Crippen LogP contribution is -2.24. The van der Waals surface area contributed by atoms with Gasteiger partial charge < -0.3 is 10.3 Å². The Bertz CT molecular complexity index is 619. The van der Waals surface area contributed by atoms with E-state index in [9.17, 15) is 9.59 Å². The number of nitrogens with zero attached hydrogens (tertiary/aromatic N) is 1. The van der Waals surface area contributed by atoms with Crippen molar-refractivity contribution in [2.45, 2.75) is 13.5 Å². The highest BCUT2D eigenvalue weighted by Gasteiger charge is 2.06. The SMILES string of the molecule is Cc1ccncc1CNC(=O)c1cc[nH]c(=O)c1. The van der Waals surface area contributed by atoms with Gasteiger partial charge in [0.2, 0.25) is 5.56 Å². The van der Waals surface area contributed by atoms with Crippen molar-refractivity contribution in [3.05, 3.63) is 63.8 Å². The van der Waals surface area contributed by atoms with E-state index >= 15 is 0 Å². The molecule has 0 aromatic carbocycles. The summed E-state index contributed by atoms with van der Waals surface area (Å²) in [6.45, 7) is 2.35. The van der Waals surface area contributed by atoms with E-state index < -0.39 is 0 Å². The van der Waals surface area contributed by atoms with E-state index in [1.807, 2.05) is 13.0 Å². The van der Waals surface area contributed by atoms with Gasteiger partial charge in [-0.15, -0.1) is 0 Å². The molecule has 2 N–H and O–H groups in total. The zero-order chi connectivity index (χ0) is 13.0. The van der Waals surface area contributed by atoms with E-state index in [1.54, 1.807) is 18.5 Å². The fourth-order valence-electron chi connectivity index (χ4n) is 1.55. The quantitative estimate of drug-likeness (QED) is 0.844. The van der Waals surface area contributed by atoms with Crippen LogP contribution in [0.15, 0.2) is 41.6 Å². The zero-order valence-corrected chi connectivity index (χ0v) is 9.93. The summed E-state index contributed by atoms with van der Waals surface area (Å²) in [4.78, 5) is 29.3. The molecule has 0 fully saturated rings. The average Bonchev–Trinajstić information content (AvgIpc) is 2.37. The van der Waals surface area contributed by atoms with Gasteiger partial charge in [-0.3, -0.25) is 14.6 Å². The largest absolute Gasteiger partial charge is 0.348 e. The Morgan fingerprint density at radius 3 is 3.00 bits per heavy atom. The molecule has 0 bridgehead atoms. The van der Waals surface area contributed by atoms with Crippen LogP contribution in [-0.4, -0.2) is 15.9 Å². The summed E-state index contributed by atoms with van der Waals surface area (Å²) in [6, 6.07) is 4.72. The van der Waals surface area contributed by atoms with E-state index in [0.29, 0.717) is 12.1 Å². The smallest absolute Gasteiger partial charge is 0.251 e. The number of H-pyrrole nitrogens is 1. The summed E-state index contributed by atoms with van der Waals surface area (Å²) in [5.41, 5.74) is 2.08. The van der Waals surface area contributed by atoms with Gasteiger partial charge in [0, 0.05) is 36.8 Å². The number of aromatic nitrogens is 2.